The SMILES string of the molecule is CCCCN(c1cc(F)c(I)cc1N)C(C)CC. The number of halogens is 2. The fourth-order valence-corrected chi connectivity index (χ4v) is 2.42. The standard InChI is InChI=1S/C14H22FIN2/c1-4-6-7-18(10(3)5-2)14-8-11(15)12(16)9-13(14)17/h8-10H,4-7,17H2,1-3H3. The summed E-state index contributed by atoms with van der Waals surface area (Å²) in [6, 6.07) is 3.66. The highest BCUT2D eigenvalue weighted by Gasteiger charge is 2.17. The summed E-state index contributed by atoms with van der Waals surface area (Å²) in [7, 11) is 0. The quantitative estimate of drug-likeness (QED) is 0.598. The minimum atomic E-state index is -0.190. The molecular weight excluding hydrogens is 342 g/mol. The number of anilines is 2. The van der Waals surface area contributed by atoms with Crippen LogP contribution in [0.4, 0.5) is 15.8 Å². The molecule has 0 fully saturated rings. The van der Waals surface area contributed by atoms with Gasteiger partial charge in [-0.25, -0.2) is 4.39 Å². The Balaban J connectivity index is 3.07. The highest BCUT2D eigenvalue weighted by atomic mass is 127. The first-order valence-corrected chi connectivity index (χ1v) is 7.60. The average Bonchev–Trinajstić information content (AvgIpc) is 2.35. The van der Waals surface area contributed by atoms with Crippen LogP contribution in [-0.4, -0.2) is 12.6 Å². The summed E-state index contributed by atoms with van der Waals surface area (Å²) in [4.78, 5) is 2.22. The molecule has 0 spiro atoms. The first-order valence-electron chi connectivity index (χ1n) is 6.52. The van der Waals surface area contributed by atoms with E-state index in [0.717, 1.165) is 31.5 Å². The predicted molar refractivity (Wildman–Crippen MR) is 85.5 cm³/mol. The molecule has 0 aromatic heterocycles. The largest absolute Gasteiger partial charge is 0.397 e. The van der Waals surface area contributed by atoms with Gasteiger partial charge in [-0.15, -0.1) is 0 Å². The van der Waals surface area contributed by atoms with Crippen molar-refractivity contribution < 1.29 is 4.39 Å². The lowest BCUT2D eigenvalue weighted by molar-refractivity contribution is 0.588. The number of nitrogens with two attached hydrogens (primary N) is 1. The van der Waals surface area contributed by atoms with E-state index in [1.165, 1.54) is 0 Å². The lowest BCUT2D eigenvalue weighted by Gasteiger charge is -2.32. The Hall–Kier alpha value is -0.520. The molecule has 4 heteroatoms. The first-order chi connectivity index (χ1) is 8.51. The highest BCUT2D eigenvalue weighted by Crippen LogP contribution is 2.29. The van der Waals surface area contributed by atoms with Gasteiger partial charge in [-0.3, -0.25) is 0 Å². The summed E-state index contributed by atoms with van der Waals surface area (Å²) < 4.78 is 14.3. The number of hydrogen-bond acceptors (Lipinski definition) is 2. The summed E-state index contributed by atoms with van der Waals surface area (Å²) >= 11 is 1.97. The van der Waals surface area contributed by atoms with Crippen molar-refractivity contribution in [2.45, 2.75) is 46.1 Å². The van der Waals surface area contributed by atoms with Gasteiger partial charge in [-0.05, 0) is 48.4 Å². The third-order valence-electron chi connectivity index (χ3n) is 3.25. The van der Waals surface area contributed by atoms with E-state index in [-0.39, 0.29) is 5.82 Å². The molecule has 1 aromatic rings. The number of benzene rings is 1. The zero-order valence-corrected chi connectivity index (χ0v) is 13.5. The molecule has 1 unspecified atom stereocenters. The molecule has 0 bridgehead atoms. The molecule has 0 aliphatic heterocycles. The topological polar surface area (TPSA) is 29.3 Å². The Labute approximate surface area is 123 Å². The molecule has 1 atom stereocenters. The van der Waals surface area contributed by atoms with Crippen molar-refractivity contribution in [2.24, 2.45) is 0 Å². The Kier molecular flexibility index (Phi) is 6.18. The van der Waals surface area contributed by atoms with Crippen LogP contribution in [0.3, 0.4) is 0 Å². The highest BCUT2D eigenvalue weighted by molar-refractivity contribution is 14.1. The number of unbranched alkanes of at least 4 members (excludes halogenated alkanes) is 1. The van der Waals surface area contributed by atoms with E-state index in [2.05, 4.69) is 25.7 Å². The summed E-state index contributed by atoms with van der Waals surface area (Å²) in [5.74, 6) is -0.190. The molecule has 0 saturated heterocycles. The van der Waals surface area contributed by atoms with Gasteiger partial charge >= 0.3 is 0 Å². The third kappa shape index (κ3) is 3.73. The third-order valence-corrected chi connectivity index (χ3v) is 4.08. The van der Waals surface area contributed by atoms with Crippen LogP contribution >= 0.6 is 22.6 Å². The van der Waals surface area contributed by atoms with E-state index in [9.17, 15) is 4.39 Å². The Morgan fingerprint density at radius 1 is 1.39 bits per heavy atom. The lowest BCUT2D eigenvalue weighted by atomic mass is 10.1. The molecule has 0 saturated carbocycles. The van der Waals surface area contributed by atoms with Crippen molar-refractivity contribution in [3.05, 3.63) is 21.5 Å². The monoisotopic (exact) mass is 364 g/mol. The fourth-order valence-electron chi connectivity index (χ4n) is 1.93. The van der Waals surface area contributed by atoms with Crippen LogP contribution in [0, 0.1) is 9.39 Å². The van der Waals surface area contributed by atoms with Crippen LogP contribution in [0.1, 0.15) is 40.0 Å². The predicted octanol–water partition coefficient (Wildman–Crippen LogP) is 4.42. The second-order valence-corrected chi connectivity index (χ2v) is 5.79. The Morgan fingerprint density at radius 3 is 2.61 bits per heavy atom. The number of nitrogen functional groups attached to an aromatic ring is 1. The molecule has 102 valence electrons. The van der Waals surface area contributed by atoms with Gasteiger partial charge in [0, 0.05) is 18.7 Å². The molecule has 2 N–H and O–H groups in total. The van der Waals surface area contributed by atoms with Crippen LogP contribution in [0.15, 0.2) is 12.1 Å². The first kappa shape index (κ1) is 15.5. The smallest absolute Gasteiger partial charge is 0.138 e. The molecule has 0 radical (unpaired) electrons. The molecule has 0 aliphatic carbocycles. The molecular formula is C14H22FIN2. The van der Waals surface area contributed by atoms with Crippen LogP contribution in [0.25, 0.3) is 0 Å². The van der Waals surface area contributed by atoms with Crippen molar-refractivity contribution in [1.29, 1.82) is 0 Å². The van der Waals surface area contributed by atoms with Gasteiger partial charge in [0.15, 0.2) is 0 Å². The number of nitrogens with zero attached hydrogens (tertiary/aromatic N) is 1. The summed E-state index contributed by atoms with van der Waals surface area (Å²) in [6.45, 7) is 7.39. The van der Waals surface area contributed by atoms with Crippen molar-refractivity contribution in [1.82, 2.24) is 0 Å². The van der Waals surface area contributed by atoms with Crippen molar-refractivity contribution in [3.8, 4) is 0 Å². The second kappa shape index (κ2) is 7.16. The van der Waals surface area contributed by atoms with E-state index < -0.39 is 0 Å². The van der Waals surface area contributed by atoms with Gasteiger partial charge in [0.25, 0.3) is 0 Å². The van der Waals surface area contributed by atoms with Crippen LogP contribution < -0.4 is 10.6 Å². The van der Waals surface area contributed by atoms with Crippen LogP contribution in [0.5, 0.6) is 0 Å². The Bertz CT molecular complexity index is 396. The van der Waals surface area contributed by atoms with Gasteiger partial charge in [0.2, 0.25) is 0 Å². The van der Waals surface area contributed by atoms with Crippen molar-refractivity contribution in [3.63, 3.8) is 0 Å². The minimum Gasteiger partial charge on any atom is -0.397 e. The maximum absolute atomic E-state index is 13.7. The zero-order valence-electron chi connectivity index (χ0n) is 11.3. The molecule has 0 amide bonds. The summed E-state index contributed by atoms with van der Waals surface area (Å²) in [6.07, 6.45) is 3.24. The summed E-state index contributed by atoms with van der Waals surface area (Å²) in [5.41, 5.74) is 7.54. The van der Waals surface area contributed by atoms with Gasteiger partial charge < -0.3 is 10.6 Å². The van der Waals surface area contributed by atoms with E-state index in [4.69, 9.17) is 5.73 Å². The fraction of sp³-hybridized carbons (Fsp3) is 0.571. The maximum Gasteiger partial charge on any atom is 0.138 e. The van der Waals surface area contributed by atoms with Gasteiger partial charge in [0.05, 0.1) is 14.9 Å². The van der Waals surface area contributed by atoms with E-state index in [1.807, 2.05) is 22.6 Å². The number of hydrogen-bond donors (Lipinski definition) is 1. The molecule has 1 aromatic carbocycles. The molecule has 2 nitrogen and oxygen atoms in total. The van der Waals surface area contributed by atoms with E-state index in [1.54, 1.807) is 12.1 Å². The molecule has 0 heterocycles. The molecule has 18 heavy (non-hydrogen) atoms. The molecule has 0 aliphatic rings. The number of rotatable bonds is 6. The minimum absolute atomic E-state index is 0.190. The van der Waals surface area contributed by atoms with Gasteiger partial charge in [-0.2, -0.15) is 0 Å². The van der Waals surface area contributed by atoms with Crippen molar-refractivity contribution in [2.75, 3.05) is 17.2 Å². The van der Waals surface area contributed by atoms with Gasteiger partial charge in [-0.1, -0.05) is 20.3 Å². The zero-order chi connectivity index (χ0) is 13.7. The Morgan fingerprint density at radius 2 is 2.06 bits per heavy atom. The maximum atomic E-state index is 13.7. The summed E-state index contributed by atoms with van der Waals surface area (Å²) in [5, 5.41) is 0. The van der Waals surface area contributed by atoms with E-state index in [0.29, 0.717) is 15.3 Å². The van der Waals surface area contributed by atoms with Gasteiger partial charge in [0.1, 0.15) is 5.82 Å². The van der Waals surface area contributed by atoms with E-state index >= 15 is 0 Å². The van der Waals surface area contributed by atoms with Crippen molar-refractivity contribution >= 4 is 34.0 Å². The van der Waals surface area contributed by atoms with Crippen LogP contribution in [0.2, 0.25) is 0 Å². The lowest BCUT2D eigenvalue weighted by Crippen LogP contribution is -2.34. The molecule has 1 rings (SSSR count). The van der Waals surface area contributed by atoms with Crippen LogP contribution in [-0.2, 0) is 0 Å². The normalized spacial score (nSPS) is 12.5. The average molecular weight is 364 g/mol. The second-order valence-electron chi connectivity index (χ2n) is 4.63.